The first kappa shape index (κ1) is 28.7. The molecular formula is C27H30F2IN3O4. The second-order valence-corrected chi connectivity index (χ2v) is 10.3. The van der Waals surface area contributed by atoms with Crippen molar-refractivity contribution in [3.63, 3.8) is 0 Å². The molecule has 0 saturated carbocycles. The van der Waals surface area contributed by atoms with Crippen molar-refractivity contribution in [3.05, 3.63) is 92.3 Å². The Bertz CT molecular complexity index is 1200. The number of carbonyl (C=O) groups is 2. The largest absolute Gasteiger partial charge is 0.507 e. The van der Waals surface area contributed by atoms with Gasteiger partial charge < -0.3 is 26.6 Å². The zero-order chi connectivity index (χ0) is 27.2. The molecule has 0 fully saturated rings. The standard InChI is InChI=1S/C27H30F2IN3O4/c1-2-33-25(36)21-13-27(26(31)37,7-6-23(21)34)22(11-17-8-18(28)12-19(29)9-17)24(35)15-32-14-16-4-3-5-20(30)10-16/h3-10,12,22,24,32,34-35H,2,11,13-15H2,1H3,(H2,31,37)(H,33,36)/t22-,24+,27?/m1/s1. The Kier molecular flexibility index (Phi) is 9.80. The van der Waals surface area contributed by atoms with Gasteiger partial charge in [0.05, 0.1) is 17.1 Å². The summed E-state index contributed by atoms with van der Waals surface area (Å²) in [5.41, 5.74) is 5.39. The van der Waals surface area contributed by atoms with E-state index in [1.807, 2.05) is 24.3 Å². The number of amides is 2. The molecule has 0 radical (unpaired) electrons. The Morgan fingerprint density at radius 1 is 1.16 bits per heavy atom. The van der Waals surface area contributed by atoms with Gasteiger partial charge in [-0.2, -0.15) is 0 Å². The van der Waals surface area contributed by atoms with Crippen molar-refractivity contribution >= 4 is 34.4 Å². The lowest BCUT2D eigenvalue weighted by atomic mass is 9.64. The lowest BCUT2D eigenvalue weighted by Gasteiger charge is -2.41. The first-order chi connectivity index (χ1) is 17.6. The fraction of sp³-hybridized carbons (Fsp3) is 0.333. The lowest BCUT2D eigenvalue weighted by molar-refractivity contribution is -0.131. The number of nitrogens with two attached hydrogens (primary N) is 1. The summed E-state index contributed by atoms with van der Waals surface area (Å²) in [6.45, 7) is 2.46. The minimum Gasteiger partial charge on any atom is -0.507 e. The smallest absolute Gasteiger partial charge is 0.250 e. The number of aliphatic hydroxyl groups excluding tert-OH is 2. The molecular weight excluding hydrogens is 595 g/mol. The number of nitrogens with one attached hydrogen (secondary N) is 2. The molecule has 1 aliphatic carbocycles. The highest BCUT2D eigenvalue weighted by atomic mass is 127. The SMILES string of the molecule is CCNC(=O)C1=C(O)C=CC(C(N)=O)([C@H](Cc2cc(F)cc(F)c2)[C@@H](O)CNCc2cccc(I)c2)C1. The van der Waals surface area contributed by atoms with E-state index in [0.29, 0.717) is 13.1 Å². The van der Waals surface area contributed by atoms with Gasteiger partial charge in [0.15, 0.2) is 0 Å². The molecule has 7 nitrogen and oxygen atoms in total. The van der Waals surface area contributed by atoms with Crippen molar-refractivity contribution in [1.82, 2.24) is 10.6 Å². The van der Waals surface area contributed by atoms with Crippen LogP contribution in [-0.4, -0.2) is 41.2 Å². The van der Waals surface area contributed by atoms with Gasteiger partial charge in [0.25, 0.3) is 5.91 Å². The van der Waals surface area contributed by atoms with E-state index in [-0.39, 0.29) is 36.3 Å². The maximum absolute atomic E-state index is 14.0. The summed E-state index contributed by atoms with van der Waals surface area (Å²) in [4.78, 5) is 25.6. The minimum absolute atomic E-state index is 0.0307. The summed E-state index contributed by atoms with van der Waals surface area (Å²) in [6, 6.07) is 10.8. The van der Waals surface area contributed by atoms with Crippen LogP contribution in [0.4, 0.5) is 8.78 Å². The lowest BCUT2D eigenvalue weighted by Crippen LogP contribution is -2.51. The molecule has 0 heterocycles. The topological polar surface area (TPSA) is 125 Å². The van der Waals surface area contributed by atoms with E-state index in [9.17, 15) is 28.6 Å². The summed E-state index contributed by atoms with van der Waals surface area (Å²) >= 11 is 2.20. The second kappa shape index (κ2) is 12.6. The molecule has 3 atom stereocenters. The van der Waals surface area contributed by atoms with Gasteiger partial charge in [0, 0.05) is 35.2 Å². The molecule has 198 valence electrons. The molecule has 1 aliphatic rings. The number of likely N-dealkylation sites (N-methyl/N-ethyl adjacent to an activating group) is 1. The third-order valence-corrected chi connectivity index (χ3v) is 7.13. The number of benzene rings is 2. The third-order valence-electron chi connectivity index (χ3n) is 6.46. The minimum atomic E-state index is -1.61. The van der Waals surface area contributed by atoms with E-state index in [1.54, 1.807) is 6.92 Å². The quantitative estimate of drug-likeness (QED) is 0.246. The molecule has 6 N–H and O–H groups in total. The molecule has 2 amide bonds. The van der Waals surface area contributed by atoms with Gasteiger partial charge in [0.2, 0.25) is 5.91 Å². The molecule has 0 aromatic heterocycles. The average molecular weight is 625 g/mol. The van der Waals surface area contributed by atoms with E-state index in [0.717, 1.165) is 27.3 Å². The summed E-state index contributed by atoms with van der Waals surface area (Å²) in [7, 11) is 0. The van der Waals surface area contributed by atoms with Gasteiger partial charge >= 0.3 is 0 Å². The van der Waals surface area contributed by atoms with Crippen molar-refractivity contribution in [3.8, 4) is 0 Å². The van der Waals surface area contributed by atoms with Gasteiger partial charge in [0.1, 0.15) is 17.4 Å². The van der Waals surface area contributed by atoms with Crippen LogP contribution in [0.15, 0.2) is 65.9 Å². The third kappa shape index (κ3) is 7.14. The molecule has 1 unspecified atom stereocenters. The molecule has 0 bridgehead atoms. The maximum atomic E-state index is 14.0. The zero-order valence-corrected chi connectivity index (χ0v) is 22.5. The molecule has 2 aromatic rings. The van der Waals surface area contributed by atoms with Gasteiger partial charge in [-0.1, -0.05) is 18.2 Å². The summed E-state index contributed by atoms with van der Waals surface area (Å²) in [5.74, 6) is -4.30. The van der Waals surface area contributed by atoms with Crippen molar-refractivity contribution in [2.45, 2.75) is 32.4 Å². The number of primary amides is 1. The Morgan fingerprint density at radius 3 is 2.49 bits per heavy atom. The Labute approximate surface area is 228 Å². The number of allylic oxidation sites excluding steroid dienone is 1. The monoisotopic (exact) mass is 625 g/mol. The number of hydrogen-bond acceptors (Lipinski definition) is 5. The van der Waals surface area contributed by atoms with Gasteiger partial charge in [-0.25, -0.2) is 8.78 Å². The van der Waals surface area contributed by atoms with Crippen molar-refractivity contribution in [2.24, 2.45) is 17.1 Å². The van der Waals surface area contributed by atoms with E-state index in [4.69, 9.17) is 5.73 Å². The van der Waals surface area contributed by atoms with Crippen LogP contribution < -0.4 is 16.4 Å². The molecule has 0 aliphatic heterocycles. The first-order valence-electron chi connectivity index (χ1n) is 11.8. The van der Waals surface area contributed by atoms with Crippen LogP contribution in [0.2, 0.25) is 0 Å². The number of rotatable bonds is 11. The highest BCUT2D eigenvalue weighted by Crippen LogP contribution is 2.43. The number of hydrogen-bond donors (Lipinski definition) is 5. The summed E-state index contributed by atoms with van der Waals surface area (Å²) in [6.07, 6.45) is 0.979. The van der Waals surface area contributed by atoms with Crippen LogP contribution in [0.1, 0.15) is 24.5 Å². The predicted octanol–water partition coefficient (Wildman–Crippen LogP) is 3.26. The van der Waals surface area contributed by atoms with Crippen LogP contribution in [-0.2, 0) is 22.6 Å². The number of aliphatic hydroxyl groups is 2. The number of carbonyl (C=O) groups excluding carboxylic acids is 2. The van der Waals surface area contributed by atoms with Gasteiger partial charge in [-0.3, -0.25) is 9.59 Å². The molecule has 3 rings (SSSR count). The Morgan fingerprint density at radius 2 is 1.86 bits per heavy atom. The first-order valence-corrected chi connectivity index (χ1v) is 12.9. The van der Waals surface area contributed by atoms with E-state index in [2.05, 4.69) is 33.2 Å². The van der Waals surface area contributed by atoms with E-state index < -0.39 is 40.9 Å². The highest BCUT2D eigenvalue weighted by Gasteiger charge is 2.48. The second-order valence-electron chi connectivity index (χ2n) is 9.05. The molecule has 37 heavy (non-hydrogen) atoms. The Balaban J connectivity index is 1.95. The van der Waals surface area contributed by atoms with Crippen molar-refractivity contribution in [1.29, 1.82) is 0 Å². The Hall–Kier alpha value is -2.83. The van der Waals surface area contributed by atoms with E-state index in [1.165, 1.54) is 12.2 Å². The molecule has 10 heteroatoms. The van der Waals surface area contributed by atoms with E-state index >= 15 is 0 Å². The van der Waals surface area contributed by atoms with Gasteiger partial charge in [-0.15, -0.1) is 0 Å². The van der Waals surface area contributed by atoms with Crippen LogP contribution >= 0.6 is 22.6 Å². The molecule has 0 saturated heterocycles. The van der Waals surface area contributed by atoms with Gasteiger partial charge in [-0.05, 0) is 83.8 Å². The summed E-state index contributed by atoms with van der Waals surface area (Å²) < 4.78 is 29.0. The molecule has 2 aromatic carbocycles. The average Bonchev–Trinajstić information content (AvgIpc) is 2.82. The van der Waals surface area contributed by atoms with Crippen LogP contribution in [0, 0.1) is 26.5 Å². The maximum Gasteiger partial charge on any atom is 0.250 e. The highest BCUT2D eigenvalue weighted by molar-refractivity contribution is 14.1. The number of halogens is 3. The predicted molar refractivity (Wildman–Crippen MR) is 144 cm³/mol. The summed E-state index contributed by atoms with van der Waals surface area (Å²) in [5, 5.41) is 27.4. The van der Waals surface area contributed by atoms with Crippen LogP contribution in [0.25, 0.3) is 0 Å². The fourth-order valence-electron chi connectivity index (χ4n) is 4.64. The fourth-order valence-corrected chi connectivity index (χ4v) is 5.25. The molecule has 0 spiro atoms. The zero-order valence-electron chi connectivity index (χ0n) is 20.3. The van der Waals surface area contributed by atoms with Crippen LogP contribution in [0.3, 0.4) is 0 Å². The normalized spacial score (nSPS) is 18.9. The van der Waals surface area contributed by atoms with Crippen molar-refractivity contribution < 1.29 is 28.6 Å². The van der Waals surface area contributed by atoms with Crippen molar-refractivity contribution in [2.75, 3.05) is 13.1 Å². The van der Waals surface area contributed by atoms with Crippen LogP contribution in [0.5, 0.6) is 0 Å².